The third-order valence-corrected chi connectivity index (χ3v) is 5.49. The molecular formula is C14H16BrN3O2S. The van der Waals surface area contributed by atoms with E-state index in [1.165, 1.54) is 10.4 Å². The number of nitrogen functional groups attached to an aromatic ring is 1. The number of hydrogen-bond acceptors (Lipinski definition) is 4. The Morgan fingerprint density at radius 3 is 2.62 bits per heavy atom. The van der Waals surface area contributed by atoms with Crippen molar-refractivity contribution >= 4 is 31.6 Å². The number of halogens is 1. The van der Waals surface area contributed by atoms with E-state index in [-0.39, 0.29) is 17.1 Å². The molecule has 0 saturated carbocycles. The van der Waals surface area contributed by atoms with Crippen molar-refractivity contribution in [3.05, 3.63) is 52.8 Å². The lowest BCUT2D eigenvalue weighted by Crippen LogP contribution is -2.31. The fraction of sp³-hybridized carbons (Fsp3) is 0.214. The maximum Gasteiger partial charge on any atom is 0.245 e. The van der Waals surface area contributed by atoms with Gasteiger partial charge < -0.3 is 5.73 Å². The van der Waals surface area contributed by atoms with Crippen LogP contribution in [-0.4, -0.2) is 24.3 Å². The summed E-state index contributed by atoms with van der Waals surface area (Å²) in [7, 11) is -3.65. The molecule has 2 N–H and O–H groups in total. The predicted molar refractivity (Wildman–Crippen MR) is 86.1 cm³/mol. The smallest absolute Gasteiger partial charge is 0.245 e. The molecule has 0 bridgehead atoms. The van der Waals surface area contributed by atoms with Crippen molar-refractivity contribution in [1.29, 1.82) is 0 Å². The van der Waals surface area contributed by atoms with E-state index in [0.717, 1.165) is 4.47 Å². The summed E-state index contributed by atoms with van der Waals surface area (Å²) in [5, 5.41) is 0. The van der Waals surface area contributed by atoms with Gasteiger partial charge in [0.05, 0.1) is 17.9 Å². The summed E-state index contributed by atoms with van der Waals surface area (Å²) < 4.78 is 27.5. The van der Waals surface area contributed by atoms with E-state index in [0.29, 0.717) is 12.2 Å². The van der Waals surface area contributed by atoms with E-state index in [1.807, 2.05) is 6.07 Å². The van der Waals surface area contributed by atoms with E-state index < -0.39 is 10.0 Å². The summed E-state index contributed by atoms with van der Waals surface area (Å²) in [5.41, 5.74) is 6.76. The highest BCUT2D eigenvalue weighted by Crippen LogP contribution is 2.26. The van der Waals surface area contributed by atoms with Crippen LogP contribution in [0.25, 0.3) is 0 Å². The van der Waals surface area contributed by atoms with Crippen LogP contribution < -0.4 is 5.73 Å². The van der Waals surface area contributed by atoms with Crippen LogP contribution >= 0.6 is 15.9 Å². The lowest BCUT2D eigenvalue weighted by Gasteiger charge is -2.21. The minimum absolute atomic E-state index is 0.114. The van der Waals surface area contributed by atoms with Crippen molar-refractivity contribution in [2.75, 3.05) is 12.3 Å². The van der Waals surface area contributed by atoms with Gasteiger partial charge in [-0.1, -0.05) is 28.9 Å². The number of benzene rings is 1. The van der Waals surface area contributed by atoms with Crippen molar-refractivity contribution in [2.45, 2.75) is 18.4 Å². The first-order valence-corrected chi connectivity index (χ1v) is 8.63. The molecule has 5 nitrogen and oxygen atoms in total. The fourth-order valence-electron chi connectivity index (χ4n) is 1.93. The van der Waals surface area contributed by atoms with Crippen LogP contribution in [0, 0.1) is 0 Å². The molecule has 0 aliphatic carbocycles. The van der Waals surface area contributed by atoms with Crippen molar-refractivity contribution < 1.29 is 8.42 Å². The van der Waals surface area contributed by atoms with E-state index in [4.69, 9.17) is 5.73 Å². The van der Waals surface area contributed by atoms with Crippen LogP contribution in [0.2, 0.25) is 0 Å². The molecule has 0 amide bonds. The molecule has 1 aromatic heterocycles. The number of anilines is 1. The maximum absolute atomic E-state index is 12.7. The molecule has 0 saturated heterocycles. The normalized spacial score (nSPS) is 11.8. The third kappa shape index (κ3) is 3.61. The van der Waals surface area contributed by atoms with Crippen LogP contribution in [0.4, 0.5) is 5.69 Å². The molecule has 2 rings (SSSR count). The molecule has 0 atom stereocenters. The highest BCUT2D eigenvalue weighted by atomic mass is 79.9. The first-order chi connectivity index (χ1) is 9.95. The number of pyridine rings is 1. The van der Waals surface area contributed by atoms with E-state index in [2.05, 4.69) is 20.9 Å². The Bertz CT molecular complexity index is 720. The molecular weight excluding hydrogens is 354 g/mol. The molecule has 0 aliphatic heterocycles. The maximum atomic E-state index is 12.7. The number of nitrogens with zero attached hydrogens (tertiary/aromatic N) is 2. The topological polar surface area (TPSA) is 76.3 Å². The number of aromatic nitrogens is 1. The highest BCUT2D eigenvalue weighted by molar-refractivity contribution is 9.10. The van der Waals surface area contributed by atoms with E-state index in [1.54, 1.807) is 37.4 Å². The molecule has 2 aromatic rings. The van der Waals surface area contributed by atoms with Gasteiger partial charge in [0.1, 0.15) is 4.90 Å². The largest absolute Gasteiger partial charge is 0.398 e. The Morgan fingerprint density at radius 1 is 1.29 bits per heavy atom. The quantitative estimate of drug-likeness (QED) is 0.821. The van der Waals surface area contributed by atoms with Gasteiger partial charge in [-0.2, -0.15) is 4.31 Å². The molecule has 7 heteroatoms. The Morgan fingerprint density at radius 2 is 2.05 bits per heavy atom. The summed E-state index contributed by atoms with van der Waals surface area (Å²) in [5.74, 6) is 0. The molecule has 0 aliphatic rings. The van der Waals surface area contributed by atoms with Gasteiger partial charge in [0.2, 0.25) is 10.0 Å². The van der Waals surface area contributed by atoms with Crippen molar-refractivity contribution in [3.63, 3.8) is 0 Å². The van der Waals surface area contributed by atoms with Gasteiger partial charge in [-0.3, -0.25) is 4.98 Å². The van der Waals surface area contributed by atoms with Gasteiger partial charge in [-0.05, 0) is 30.3 Å². The Kier molecular flexibility index (Phi) is 4.97. The minimum atomic E-state index is -3.65. The first-order valence-electron chi connectivity index (χ1n) is 6.40. The lowest BCUT2D eigenvalue weighted by molar-refractivity contribution is 0.419. The number of hydrogen-bond donors (Lipinski definition) is 1. The number of sulfonamides is 1. The van der Waals surface area contributed by atoms with Crippen LogP contribution in [0.1, 0.15) is 12.6 Å². The van der Waals surface area contributed by atoms with E-state index >= 15 is 0 Å². The van der Waals surface area contributed by atoms with Gasteiger partial charge in [0, 0.05) is 17.2 Å². The van der Waals surface area contributed by atoms with Gasteiger partial charge in [-0.15, -0.1) is 0 Å². The van der Waals surface area contributed by atoms with Gasteiger partial charge in [-0.25, -0.2) is 8.42 Å². The second-order valence-corrected chi connectivity index (χ2v) is 7.26. The Hall–Kier alpha value is -1.44. The Balaban J connectivity index is 2.36. The third-order valence-electron chi connectivity index (χ3n) is 3.01. The molecule has 1 aromatic carbocycles. The Labute approximate surface area is 133 Å². The summed E-state index contributed by atoms with van der Waals surface area (Å²) >= 11 is 3.27. The lowest BCUT2D eigenvalue weighted by atomic mass is 10.3. The monoisotopic (exact) mass is 369 g/mol. The average molecular weight is 370 g/mol. The fourth-order valence-corrected chi connectivity index (χ4v) is 3.83. The molecule has 21 heavy (non-hydrogen) atoms. The average Bonchev–Trinajstić information content (AvgIpc) is 2.45. The van der Waals surface area contributed by atoms with E-state index in [9.17, 15) is 8.42 Å². The molecule has 1 heterocycles. The zero-order valence-corrected chi connectivity index (χ0v) is 13.9. The molecule has 0 fully saturated rings. The second kappa shape index (κ2) is 6.55. The predicted octanol–water partition coefficient (Wildman–Crippen LogP) is 2.64. The van der Waals surface area contributed by atoms with Crippen molar-refractivity contribution in [3.8, 4) is 0 Å². The summed E-state index contributed by atoms with van der Waals surface area (Å²) in [6.45, 7) is 2.35. The first kappa shape index (κ1) is 15.9. The second-order valence-electron chi connectivity index (χ2n) is 4.43. The molecule has 0 radical (unpaired) electrons. The van der Waals surface area contributed by atoms with Crippen molar-refractivity contribution in [1.82, 2.24) is 9.29 Å². The highest BCUT2D eigenvalue weighted by Gasteiger charge is 2.25. The van der Waals surface area contributed by atoms with Crippen LogP contribution in [0.5, 0.6) is 0 Å². The van der Waals surface area contributed by atoms with Crippen LogP contribution in [0.3, 0.4) is 0 Å². The molecule has 112 valence electrons. The summed E-state index contributed by atoms with van der Waals surface area (Å²) in [6.07, 6.45) is 1.64. The van der Waals surface area contributed by atoms with Crippen molar-refractivity contribution in [2.24, 2.45) is 0 Å². The van der Waals surface area contributed by atoms with Gasteiger partial charge in [0.25, 0.3) is 0 Å². The summed E-state index contributed by atoms with van der Waals surface area (Å²) in [6, 6.07) is 10.2. The molecule has 0 unspecified atom stereocenters. The standard InChI is InChI=1S/C14H16BrN3O2S/c1-2-18(10-12-5-3-4-8-17-12)21(19,20)14-7-6-11(15)9-13(14)16/h3-9H,2,10,16H2,1H3. The van der Waals surface area contributed by atoms with Crippen LogP contribution in [-0.2, 0) is 16.6 Å². The molecule has 0 spiro atoms. The SMILES string of the molecule is CCN(Cc1ccccn1)S(=O)(=O)c1ccc(Br)cc1N. The number of nitrogens with two attached hydrogens (primary N) is 1. The van der Waals surface area contributed by atoms with Crippen LogP contribution in [0.15, 0.2) is 52.0 Å². The zero-order chi connectivity index (χ0) is 15.5. The van der Waals surface area contributed by atoms with Gasteiger partial charge in [0.15, 0.2) is 0 Å². The summed E-state index contributed by atoms with van der Waals surface area (Å²) in [4.78, 5) is 4.28. The van der Waals surface area contributed by atoms with Gasteiger partial charge >= 0.3 is 0 Å². The minimum Gasteiger partial charge on any atom is -0.398 e. The number of rotatable bonds is 5. The zero-order valence-electron chi connectivity index (χ0n) is 11.5.